The molecule has 2 rings (SSSR count). The van der Waals surface area contributed by atoms with Gasteiger partial charge in [0.05, 0.1) is 0 Å². The van der Waals surface area contributed by atoms with Crippen LogP contribution in [0.3, 0.4) is 0 Å². The standard InChI is InChI=1S/C11H15N3O5S/c1-5-9(11(16)17)13-6(2)10(5)20(18,19)14-7-3-8(15)12-4-7/h7,13-14H,3-4H2,1-2H3,(H,12,15)(H,16,17). The number of rotatable bonds is 4. The van der Waals surface area contributed by atoms with Crippen LogP contribution in [0.5, 0.6) is 0 Å². The molecule has 110 valence electrons. The topological polar surface area (TPSA) is 128 Å². The zero-order valence-corrected chi connectivity index (χ0v) is 11.8. The Kier molecular flexibility index (Phi) is 3.57. The maximum atomic E-state index is 12.3. The number of carboxylic acid groups (broad SMARTS) is 1. The van der Waals surface area contributed by atoms with E-state index in [4.69, 9.17) is 5.11 Å². The molecule has 0 radical (unpaired) electrons. The number of sulfonamides is 1. The van der Waals surface area contributed by atoms with Crippen LogP contribution in [-0.2, 0) is 14.8 Å². The molecule has 4 N–H and O–H groups in total. The lowest BCUT2D eigenvalue weighted by Crippen LogP contribution is -2.36. The Labute approximate surface area is 115 Å². The number of H-pyrrole nitrogens is 1. The monoisotopic (exact) mass is 301 g/mol. The fraction of sp³-hybridized carbons (Fsp3) is 0.455. The molecule has 0 aromatic carbocycles. The van der Waals surface area contributed by atoms with Crippen molar-refractivity contribution in [3.8, 4) is 0 Å². The normalized spacial score (nSPS) is 19.1. The third-order valence-corrected chi connectivity index (χ3v) is 4.94. The molecule has 9 heteroatoms. The second kappa shape index (κ2) is 4.91. The Morgan fingerprint density at radius 1 is 1.40 bits per heavy atom. The van der Waals surface area contributed by atoms with Crippen LogP contribution in [0.4, 0.5) is 0 Å². The minimum Gasteiger partial charge on any atom is -0.477 e. The molecule has 0 bridgehead atoms. The van der Waals surface area contributed by atoms with Crippen molar-refractivity contribution < 1.29 is 23.1 Å². The van der Waals surface area contributed by atoms with Gasteiger partial charge in [-0.3, -0.25) is 4.79 Å². The first kappa shape index (κ1) is 14.5. The van der Waals surface area contributed by atoms with Gasteiger partial charge in [-0.1, -0.05) is 0 Å². The molecule has 0 spiro atoms. The van der Waals surface area contributed by atoms with Crippen molar-refractivity contribution in [1.82, 2.24) is 15.0 Å². The smallest absolute Gasteiger partial charge is 0.352 e. The number of carboxylic acids is 1. The average Bonchev–Trinajstić information content (AvgIpc) is 2.82. The molecule has 20 heavy (non-hydrogen) atoms. The van der Waals surface area contributed by atoms with Crippen LogP contribution < -0.4 is 10.0 Å². The molecule has 1 aliphatic rings. The minimum atomic E-state index is -3.88. The highest BCUT2D eigenvalue weighted by Gasteiger charge is 2.31. The largest absolute Gasteiger partial charge is 0.477 e. The number of aromatic carboxylic acids is 1. The van der Waals surface area contributed by atoms with Gasteiger partial charge in [0.1, 0.15) is 10.6 Å². The summed E-state index contributed by atoms with van der Waals surface area (Å²) in [5.41, 5.74) is 0.257. The van der Waals surface area contributed by atoms with Crippen LogP contribution in [-0.4, -0.2) is 43.0 Å². The quantitative estimate of drug-likeness (QED) is 0.596. The Morgan fingerprint density at radius 2 is 2.05 bits per heavy atom. The molecule has 8 nitrogen and oxygen atoms in total. The highest BCUT2D eigenvalue weighted by molar-refractivity contribution is 7.89. The number of aryl methyl sites for hydroxylation is 1. The van der Waals surface area contributed by atoms with Crippen LogP contribution in [0.15, 0.2) is 4.90 Å². The first-order chi connectivity index (χ1) is 9.22. The molecule has 1 unspecified atom stereocenters. The van der Waals surface area contributed by atoms with Gasteiger partial charge >= 0.3 is 5.97 Å². The van der Waals surface area contributed by atoms with Crippen molar-refractivity contribution in [2.75, 3.05) is 6.54 Å². The first-order valence-corrected chi connectivity index (χ1v) is 7.42. The highest BCUT2D eigenvalue weighted by atomic mass is 32.2. The molecule has 1 saturated heterocycles. The number of nitrogens with one attached hydrogen (secondary N) is 3. The molecule has 1 amide bonds. The molecule has 1 aliphatic heterocycles. The van der Waals surface area contributed by atoms with Crippen molar-refractivity contribution in [3.63, 3.8) is 0 Å². The molecule has 0 aliphatic carbocycles. The molecular weight excluding hydrogens is 286 g/mol. The SMILES string of the molecule is Cc1[nH]c(C(=O)O)c(C)c1S(=O)(=O)NC1CNC(=O)C1. The van der Waals surface area contributed by atoms with Gasteiger partial charge in [-0.05, 0) is 13.8 Å². The molecular formula is C11H15N3O5S. The van der Waals surface area contributed by atoms with Crippen LogP contribution in [0.25, 0.3) is 0 Å². The second-order valence-corrected chi connectivity index (χ2v) is 6.36. The summed E-state index contributed by atoms with van der Waals surface area (Å²) in [6, 6.07) is -0.519. The summed E-state index contributed by atoms with van der Waals surface area (Å²) in [6.45, 7) is 3.15. The van der Waals surface area contributed by atoms with E-state index in [1.165, 1.54) is 13.8 Å². The number of amides is 1. The summed E-state index contributed by atoms with van der Waals surface area (Å²) in [6.07, 6.45) is 0.0769. The Balaban J connectivity index is 2.35. The van der Waals surface area contributed by atoms with Gasteiger partial charge < -0.3 is 15.4 Å². The third kappa shape index (κ3) is 2.54. The summed E-state index contributed by atoms with van der Waals surface area (Å²) in [5, 5.41) is 11.5. The van der Waals surface area contributed by atoms with Gasteiger partial charge in [-0.15, -0.1) is 0 Å². The van der Waals surface area contributed by atoms with Gasteiger partial charge in [0.2, 0.25) is 15.9 Å². The number of hydrogen-bond donors (Lipinski definition) is 4. The lowest BCUT2D eigenvalue weighted by molar-refractivity contribution is -0.119. The minimum absolute atomic E-state index is 0.0748. The Hall–Kier alpha value is -1.87. The van der Waals surface area contributed by atoms with Gasteiger partial charge in [-0.25, -0.2) is 17.9 Å². The lowest BCUT2D eigenvalue weighted by Gasteiger charge is -2.11. The predicted octanol–water partition coefficient (Wildman–Crippen LogP) is -0.503. The average molecular weight is 301 g/mol. The first-order valence-electron chi connectivity index (χ1n) is 5.94. The van der Waals surface area contributed by atoms with Crippen molar-refractivity contribution >= 4 is 21.9 Å². The summed E-state index contributed by atoms with van der Waals surface area (Å²) < 4.78 is 27.0. The Morgan fingerprint density at radius 3 is 2.50 bits per heavy atom. The molecule has 1 aromatic rings. The van der Waals surface area contributed by atoms with Gasteiger partial charge in [0.15, 0.2) is 0 Å². The van der Waals surface area contributed by atoms with E-state index < -0.39 is 22.0 Å². The van der Waals surface area contributed by atoms with E-state index in [9.17, 15) is 18.0 Å². The maximum Gasteiger partial charge on any atom is 0.352 e. The molecule has 1 aromatic heterocycles. The van der Waals surface area contributed by atoms with E-state index in [0.717, 1.165) is 0 Å². The molecule has 2 heterocycles. The number of carbonyl (C=O) groups is 2. The number of hydrogen-bond acceptors (Lipinski definition) is 4. The summed E-state index contributed by atoms with van der Waals surface area (Å²) in [4.78, 5) is 24.6. The third-order valence-electron chi connectivity index (χ3n) is 3.15. The van der Waals surface area contributed by atoms with Crippen LogP contribution in [0.1, 0.15) is 28.2 Å². The van der Waals surface area contributed by atoms with Crippen molar-refractivity contribution in [2.24, 2.45) is 0 Å². The van der Waals surface area contributed by atoms with Gasteiger partial charge in [0.25, 0.3) is 0 Å². The van der Waals surface area contributed by atoms with Gasteiger partial charge in [0, 0.05) is 30.3 Å². The molecule has 1 fully saturated rings. The molecule has 1 atom stereocenters. The van der Waals surface area contributed by atoms with Crippen molar-refractivity contribution in [3.05, 3.63) is 17.0 Å². The van der Waals surface area contributed by atoms with Crippen LogP contribution >= 0.6 is 0 Å². The van der Waals surface area contributed by atoms with Crippen LogP contribution in [0.2, 0.25) is 0 Å². The highest BCUT2D eigenvalue weighted by Crippen LogP contribution is 2.23. The summed E-state index contributed by atoms with van der Waals surface area (Å²) in [5.74, 6) is -1.43. The van der Waals surface area contributed by atoms with E-state index in [0.29, 0.717) is 0 Å². The van der Waals surface area contributed by atoms with Crippen molar-refractivity contribution in [1.29, 1.82) is 0 Å². The summed E-state index contributed by atoms with van der Waals surface area (Å²) >= 11 is 0. The zero-order valence-electron chi connectivity index (χ0n) is 11.0. The maximum absolute atomic E-state index is 12.3. The fourth-order valence-electron chi connectivity index (χ4n) is 2.32. The van der Waals surface area contributed by atoms with E-state index in [-0.39, 0.29) is 40.7 Å². The van der Waals surface area contributed by atoms with E-state index in [1.807, 2.05) is 0 Å². The Bertz CT molecular complexity index is 676. The van der Waals surface area contributed by atoms with Crippen LogP contribution in [0, 0.1) is 13.8 Å². The zero-order chi connectivity index (χ0) is 15.1. The van der Waals surface area contributed by atoms with E-state index in [1.54, 1.807) is 0 Å². The van der Waals surface area contributed by atoms with Gasteiger partial charge in [-0.2, -0.15) is 0 Å². The van der Waals surface area contributed by atoms with Crippen molar-refractivity contribution in [2.45, 2.75) is 31.2 Å². The number of aromatic nitrogens is 1. The van der Waals surface area contributed by atoms with E-state index in [2.05, 4.69) is 15.0 Å². The number of carbonyl (C=O) groups excluding carboxylic acids is 1. The molecule has 0 saturated carbocycles. The van der Waals surface area contributed by atoms with E-state index >= 15 is 0 Å². The second-order valence-electron chi connectivity index (χ2n) is 4.71. The lowest BCUT2D eigenvalue weighted by atomic mass is 10.2. The summed E-state index contributed by atoms with van der Waals surface area (Å²) in [7, 11) is -3.88. The predicted molar refractivity (Wildman–Crippen MR) is 69.0 cm³/mol. The fourth-order valence-corrected chi connectivity index (χ4v) is 4.00. The number of aromatic amines is 1.